The number of pyridine rings is 1. The third-order valence-electron chi connectivity index (χ3n) is 6.36. The molecule has 5 atom stereocenters. The van der Waals surface area contributed by atoms with Crippen LogP contribution in [0.1, 0.15) is 33.1 Å². The van der Waals surface area contributed by atoms with E-state index in [2.05, 4.69) is 34.8 Å². The lowest BCUT2D eigenvalue weighted by molar-refractivity contribution is 0.0464. The van der Waals surface area contributed by atoms with Gasteiger partial charge >= 0.3 is 0 Å². The fraction of sp³-hybridized carbons (Fsp3) is 0.667. The van der Waals surface area contributed by atoms with Crippen molar-refractivity contribution in [2.24, 2.45) is 22.7 Å². The molecule has 3 aliphatic rings. The standard InChI is InChI=1S/C15H17BrClNO/c1-14-4-3-8-9(15(8,14)2)5-12(14)19-11-6-13(17)18-7-10(11)16/h6-9,12H,3-5H2,1-2H3/t8?,9?,12-,14-,15+/m1/s1. The highest BCUT2D eigenvalue weighted by atomic mass is 79.9. The molecule has 4 heteroatoms. The maximum absolute atomic E-state index is 6.31. The van der Waals surface area contributed by atoms with Gasteiger partial charge in [-0.1, -0.05) is 25.4 Å². The Labute approximate surface area is 127 Å². The van der Waals surface area contributed by atoms with Crippen molar-refractivity contribution in [3.8, 4) is 5.75 Å². The first-order valence-electron chi connectivity index (χ1n) is 6.94. The Morgan fingerprint density at radius 2 is 2.21 bits per heavy atom. The number of fused-ring (bicyclic) bond motifs is 1. The number of aromatic nitrogens is 1. The monoisotopic (exact) mass is 341 g/mol. The summed E-state index contributed by atoms with van der Waals surface area (Å²) >= 11 is 9.47. The first kappa shape index (κ1) is 12.5. The van der Waals surface area contributed by atoms with E-state index in [9.17, 15) is 0 Å². The van der Waals surface area contributed by atoms with Crippen molar-refractivity contribution in [1.29, 1.82) is 0 Å². The Morgan fingerprint density at radius 1 is 1.42 bits per heavy atom. The molecule has 1 aromatic rings. The highest BCUT2D eigenvalue weighted by Gasteiger charge is 2.79. The van der Waals surface area contributed by atoms with E-state index >= 15 is 0 Å². The Hall–Kier alpha value is -0.280. The van der Waals surface area contributed by atoms with Gasteiger partial charge in [-0.15, -0.1) is 0 Å². The van der Waals surface area contributed by atoms with Crippen LogP contribution in [0.3, 0.4) is 0 Å². The maximum Gasteiger partial charge on any atom is 0.138 e. The van der Waals surface area contributed by atoms with Gasteiger partial charge in [0.25, 0.3) is 0 Å². The summed E-state index contributed by atoms with van der Waals surface area (Å²) < 4.78 is 7.20. The van der Waals surface area contributed by atoms with Crippen LogP contribution in [0, 0.1) is 22.7 Å². The SMILES string of the molecule is C[C@@]12C3CC[C@]1(C)[C@H](Oc1cc(Cl)ncc1Br)CC32. The van der Waals surface area contributed by atoms with Gasteiger partial charge in [0.2, 0.25) is 0 Å². The number of ether oxygens (including phenoxy) is 1. The Morgan fingerprint density at radius 3 is 2.95 bits per heavy atom. The average molecular weight is 343 g/mol. The Bertz CT molecular complexity index is 565. The van der Waals surface area contributed by atoms with Gasteiger partial charge in [0.15, 0.2) is 0 Å². The van der Waals surface area contributed by atoms with E-state index < -0.39 is 0 Å². The minimum absolute atomic E-state index is 0.316. The second-order valence-electron chi connectivity index (χ2n) is 6.73. The van der Waals surface area contributed by atoms with Crippen LogP contribution in [-0.4, -0.2) is 11.1 Å². The molecule has 3 saturated carbocycles. The highest BCUT2D eigenvalue weighted by molar-refractivity contribution is 9.10. The van der Waals surface area contributed by atoms with E-state index in [0.29, 0.717) is 22.1 Å². The van der Waals surface area contributed by atoms with Crippen LogP contribution in [0.2, 0.25) is 5.15 Å². The predicted octanol–water partition coefficient (Wildman–Crippen LogP) is 4.70. The molecule has 0 amide bonds. The van der Waals surface area contributed by atoms with E-state index in [0.717, 1.165) is 22.1 Å². The summed E-state index contributed by atoms with van der Waals surface area (Å²) in [5.41, 5.74) is 0.860. The van der Waals surface area contributed by atoms with Gasteiger partial charge < -0.3 is 4.74 Å². The summed E-state index contributed by atoms with van der Waals surface area (Å²) in [6.07, 6.45) is 5.91. The third-order valence-corrected chi connectivity index (χ3v) is 7.16. The molecule has 0 N–H and O–H groups in total. The fourth-order valence-corrected chi connectivity index (χ4v) is 5.45. The molecule has 4 rings (SSSR count). The zero-order valence-electron chi connectivity index (χ0n) is 11.1. The number of nitrogens with zero attached hydrogens (tertiary/aromatic N) is 1. The predicted molar refractivity (Wildman–Crippen MR) is 78.4 cm³/mol. The zero-order chi connectivity index (χ0) is 13.4. The summed E-state index contributed by atoms with van der Waals surface area (Å²) in [5.74, 6) is 2.67. The Kier molecular flexibility index (Phi) is 2.41. The second-order valence-corrected chi connectivity index (χ2v) is 7.97. The quantitative estimate of drug-likeness (QED) is 0.727. The third kappa shape index (κ3) is 1.41. The number of halogens is 2. The lowest BCUT2D eigenvalue weighted by Crippen LogP contribution is -2.37. The van der Waals surface area contributed by atoms with E-state index in [4.69, 9.17) is 16.3 Å². The number of hydrogen-bond donors (Lipinski definition) is 0. The van der Waals surface area contributed by atoms with Crippen molar-refractivity contribution >= 4 is 27.5 Å². The minimum atomic E-state index is 0.316. The Balaban J connectivity index is 1.64. The first-order valence-corrected chi connectivity index (χ1v) is 8.11. The van der Waals surface area contributed by atoms with Gasteiger partial charge in [-0.25, -0.2) is 4.98 Å². The molecule has 0 saturated heterocycles. The topological polar surface area (TPSA) is 22.1 Å². The molecule has 1 heterocycles. The van der Waals surface area contributed by atoms with Gasteiger partial charge in [-0.05, 0) is 52.4 Å². The summed E-state index contributed by atoms with van der Waals surface area (Å²) in [6, 6.07) is 1.81. The van der Waals surface area contributed by atoms with Crippen LogP contribution in [-0.2, 0) is 0 Å². The van der Waals surface area contributed by atoms with Crippen molar-refractivity contribution in [2.45, 2.75) is 39.2 Å². The van der Waals surface area contributed by atoms with Crippen LogP contribution in [0.5, 0.6) is 5.75 Å². The average Bonchev–Trinajstić information content (AvgIpc) is 2.81. The van der Waals surface area contributed by atoms with Crippen molar-refractivity contribution < 1.29 is 4.74 Å². The smallest absolute Gasteiger partial charge is 0.138 e. The molecule has 3 fully saturated rings. The number of hydrogen-bond acceptors (Lipinski definition) is 2. The molecular formula is C15H17BrClNO. The van der Waals surface area contributed by atoms with Crippen LogP contribution in [0.4, 0.5) is 0 Å². The molecule has 0 aromatic carbocycles. The molecule has 2 unspecified atom stereocenters. The van der Waals surface area contributed by atoms with Gasteiger partial charge in [0, 0.05) is 17.7 Å². The molecule has 0 bridgehead atoms. The lowest BCUT2D eigenvalue weighted by Gasteiger charge is -2.35. The first-order chi connectivity index (χ1) is 8.97. The van der Waals surface area contributed by atoms with Gasteiger partial charge in [-0.2, -0.15) is 0 Å². The molecule has 0 aliphatic heterocycles. The van der Waals surface area contributed by atoms with E-state index in [1.165, 1.54) is 19.3 Å². The zero-order valence-corrected chi connectivity index (χ0v) is 13.5. The summed E-state index contributed by atoms with van der Waals surface area (Å²) in [4.78, 5) is 4.05. The van der Waals surface area contributed by atoms with Crippen molar-refractivity contribution in [1.82, 2.24) is 4.98 Å². The van der Waals surface area contributed by atoms with Crippen LogP contribution < -0.4 is 4.74 Å². The van der Waals surface area contributed by atoms with Gasteiger partial charge in [0.1, 0.15) is 17.0 Å². The summed E-state index contributed by atoms with van der Waals surface area (Å²) in [7, 11) is 0. The lowest BCUT2D eigenvalue weighted by atomic mass is 9.75. The van der Waals surface area contributed by atoms with E-state index in [1.54, 1.807) is 6.20 Å². The fourth-order valence-electron chi connectivity index (χ4n) is 5.00. The van der Waals surface area contributed by atoms with Gasteiger partial charge in [0.05, 0.1) is 4.47 Å². The van der Waals surface area contributed by atoms with Crippen LogP contribution in [0.25, 0.3) is 0 Å². The molecule has 3 aliphatic carbocycles. The number of rotatable bonds is 2. The normalized spacial score (nSPS) is 46.2. The highest BCUT2D eigenvalue weighted by Crippen LogP contribution is 2.83. The molecule has 1 aromatic heterocycles. The molecule has 0 radical (unpaired) electrons. The maximum atomic E-state index is 6.31. The van der Waals surface area contributed by atoms with Crippen molar-refractivity contribution in [2.75, 3.05) is 0 Å². The van der Waals surface area contributed by atoms with Gasteiger partial charge in [-0.3, -0.25) is 0 Å². The van der Waals surface area contributed by atoms with Crippen LogP contribution in [0.15, 0.2) is 16.7 Å². The molecule has 2 nitrogen and oxygen atoms in total. The van der Waals surface area contributed by atoms with E-state index in [-0.39, 0.29) is 0 Å². The molecule has 19 heavy (non-hydrogen) atoms. The van der Waals surface area contributed by atoms with Crippen molar-refractivity contribution in [3.05, 3.63) is 21.9 Å². The van der Waals surface area contributed by atoms with Crippen LogP contribution >= 0.6 is 27.5 Å². The second kappa shape index (κ2) is 3.67. The molecule has 102 valence electrons. The largest absolute Gasteiger partial charge is 0.488 e. The van der Waals surface area contributed by atoms with Crippen molar-refractivity contribution in [3.63, 3.8) is 0 Å². The molecule has 0 spiro atoms. The molecular weight excluding hydrogens is 326 g/mol. The summed E-state index contributed by atoms with van der Waals surface area (Å²) in [6.45, 7) is 4.88. The van der Waals surface area contributed by atoms with E-state index in [1.807, 2.05) is 6.07 Å². The minimum Gasteiger partial charge on any atom is -0.488 e. The summed E-state index contributed by atoms with van der Waals surface area (Å²) in [5, 5.41) is 0.488.